The Morgan fingerprint density at radius 2 is 2.41 bits per heavy atom. The average Bonchev–Trinajstić information content (AvgIpc) is 2.67. The molecule has 0 saturated heterocycles. The first-order valence-electron chi connectivity index (χ1n) is 4.69. The molecule has 0 spiro atoms. The second-order valence-corrected chi connectivity index (χ2v) is 4.06. The molecule has 2 heterocycles. The second-order valence-electron chi connectivity index (χ2n) is 3.20. The van der Waals surface area contributed by atoms with Crippen LogP contribution in [0.4, 0.5) is 11.6 Å². The van der Waals surface area contributed by atoms with E-state index in [1.165, 1.54) is 11.0 Å². The summed E-state index contributed by atoms with van der Waals surface area (Å²) >= 11 is 3.28. The molecule has 17 heavy (non-hydrogen) atoms. The summed E-state index contributed by atoms with van der Waals surface area (Å²) in [4.78, 5) is 19.3. The molecule has 0 bridgehead atoms. The third-order valence-electron chi connectivity index (χ3n) is 1.91. The Labute approximate surface area is 105 Å². The number of anilines is 2. The average molecular weight is 297 g/mol. The molecule has 2 aromatic heterocycles. The van der Waals surface area contributed by atoms with Crippen molar-refractivity contribution in [1.82, 2.24) is 19.7 Å². The van der Waals surface area contributed by atoms with Crippen molar-refractivity contribution in [3.05, 3.63) is 29.3 Å². The van der Waals surface area contributed by atoms with E-state index in [0.29, 0.717) is 10.2 Å². The summed E-state index contributed by atoms with van der Waals surface area (Å²) in [5.74, 6) is -0.0790. The fourth-order valence-corrected chi connectivity index (χ4v) is 1.55. The van der Waals surface area contributed by atoms with Crippen LogP contribution in [0, 0.1) is 0 Å². The van der Waals surface area contributed by atoms with Crippen molar-refractivity contribution in [2.45, 2.75) is 6.54 Å². The van der Waals surface area contributed by atoms with Gasteiger partial charge in [-0.3, -0.25) is 9.78 Å². The van der Waals surface area contributed by atoms with Crippen molar-refractivity contribution in [3.8, 4) is 0 Å². The minimum atomic E-state index is -0.221. The van der Waals surface area contributed by atoms with Crippen LogP contribution in [0.3, 0.4) is 0 Å². The Bertz CT molecular complexity index is 540. The summed E-state index contributed by atoms with van der Waals surface area (Å²) in [7, 11) is 0. The van der Waals surface area contributed by atoms with Gasteiger partial charge in [0.1, 0.15) is 12.9 Å². The molecule has 0 aromatic carbocycles. The first-order valence-corrected chi connectivity index (χ1v) is 5.49. The first kappa shape index (κ1) is 11.5. The Morgan fingerprint density at radius 1 is 1.59 bits per heavy atom. The van der Waals surface area contributed by atoms with E-state index in [2.05, 4.69) is 36.3 Å². The summed E-state index contributed by atoms with van der Waals surface area (Å²) in [6.07, 6.45) is 4.59. The number of nitrogens with one attached hydrogen (secondary N) is 1. The highest BCUT2D eigenvalue weighted by Crippen LogP contribution is 2.19. The summed E-state index contributed by atoms with van der Waals surface area (Å²) < 4.78 is 2.08. The van der Waals surface area contributed by atoms with Gasteiger partial charge in [-0.25, -0.2) is 9.67 Å². The molecule has 0 fully saturated rings. The molecule has 0 aliphatic rings. The minimum absolute atomic E-state index is 0.0545. The van der Waals surface area contributed by atoms with Crippen molar-refractivity contribution < 1.29 is 4.79 Å². The number of halogens is 1. The van der Waals surface area contributed by atoms with Gasteiger partial charge in [0.05, 0.1) is 10.2 Å². The molecule has 2 aromatic rings. The number of aromatic nitrogens is 4. The molecule has 0 radical (unpaired) electrons. The van der Waals surface area contributed by atoms with Crippen LogP contribution >= 0.6 is 15.9 Å². The fourth-order valence-electron chi connectivity index (χ4n) is 1.20. The van der Waals surface area contributed by atoms with Crippen LogP contribution in [-0.2, 0) is 11.3 Å². The molecular weight excluding hydrogens is 288 g/mol. The molecule has 0 unspecified atom stereocenters. The Morgan fingerprint density at radius 3 is 3.06 bits per heavy atom. The lowest BCUT2D eigenvalue weighted by molar-refractivity contribution is -0.116. The van der Waals surface area contributed by atoms with Crippen molar-refractivity contribution in [1.29, 1.82) is 0 Å². The molecule has 0 aliphatic heterocycles. The van der Waals surface area contributed by atoms with E-state index in [0.717, 1.165) is 0 Å². The van der Waals surface area contributed by atoms with E-state index < -0.39 is 0 Å². The number of carbonyl (C=O) groups excluding carboxylic acids is 1. The molecule has 0 atom stereocenters. The predicted octanol–water partition coefficient (Wildman–Crippen LogP) is 0.656. The Hall–Kier alpha value is -1.96. The molecular formula is C9H9BrN6O. The summed E-state index contributed by atoms with van der Waals surface area (Å²) in [6.45, 7) is 0.0545. The Balaban J connectivity index is 2.01. The van der Waals surface area contributed by atoms with Gasteiger partial charge in [0.25, 0.3) is 0 Å². The molecule has 1 amide bonds. The van der Waals surface area contributed by atoms with Gasteiger partial charge in [0, 0.05) is 12.4 Å². The summed E-state index contributed by atoms with van der Waals surface area (Å²) in [5, 5.41) is 6.53. The topological polar surface area (TPSA) is 98.7 Å². The molecule has 7 nitrogen and oxygen atoms in total. The lowest BCUT2D eigenvalue weighted by atomic mass is 10.4. The van der Waals surface area contributed by atoms with Crippen molar-refractivity contribution in [2.75, 3.05) is 11.1 Å². The highest BCUT2D eigenvalue weighted by atomic mass is 79.9. The van der Waals surface area contributed by atoms with Gasteiger partial charge in [0.15, 0.2) is 0 Å². The van der Waals surface area contributed by atoms with E-state index in [4.69, 9.17) is 5.73 Å². The van der Waals surface area contributed by atoms with Crippen LogP contribution in [0.25, 0.3) is 0 Å². The number of nitrogens with two attached hydrogens (primary N) is 1. The van der Waals surface area contributed by atoms with Crippen molar-refractivity contribution in [2.24, 2.45) is 0 Å². The summed E-state index contributed by atoms with van der Waals surface area (Å²) in [6, 6.07) is 1.69. The van der Waals surface area contributed by atoms with Gasteiger partial charge in [-0.1, -0.05) is 0 Å². The van der Waals surface area contributed by atoms with Crippen molar-refractivity contribution in [3.63, 3.8) is 0 Å². The van der Waals surface area contributed by atoms with Gasteiger partial charge < -0.3 is 11.1 Å². The zero-order valence-corrected chi connectivity index (χ0v) is 10.3. The van der Waals surface area contributed by atoms with Gasteiger partial charge in [0.2, 0.25) is 11.9 Å². The number of nitrogens with zero attached hydrogens (tertiary/aromatic N) is 4. The smallest absolute Gasteiger partial charge is 0.246 e. The highest BCUT2D eigenvalue weighted by molar-refractivity contribution is 9.10. The fraction of sp³-hybridized carbons (Fsp3) is 0.111. The van der Waals surface area contributed by atoms with Crippen molar-refractivity contribution >= 4 is 33.5 Å². The number of nitrogen functional groups attached to an aromatic ring is 1. The number of pyridine rings is 1. The standard InChI is InChI=1S/C9H9BrN6O/c10-6-3-12-2-1-7(6)14-8(17)4-16-5-13-9(11)15-16/h1-3,5H,4H2,(H2,11,15)(H,12,14,17). The van der Waals surface area contributed by atoms with E-state index in [1.54, 1.807) is 18.5 Å². The normalized spacial score (nSPS) is 10.2. The van der Waals surface area contributed by atoms with E-state index >= 15 is 0 Å². The van der Waals surface area contributed by atoms with Gasteiger partial charge in [-0.15, -0.1) is 5.10 Å². The van der Waals surface area contributed by atoms with Gasteiger partial charge >= 0.3 is 0 Å². The predicted molar refractivity (Wildman–Crippen MR) is 65.0 cm³/mol. The van der Waals surface area contributed by atoms with E-state index in [9.17, 15) is 4.79 Å². The first-order chi connectivity index (χ1) is 8.15. The van der Waals surface area contributed by atoms with Crippen LogP contribution in [-0.4, -0.2) is 25.7 Å². The number of hydrogen-bond acceptors (Lipinski definition) is 5. The molecule has 0 saturated carbocycles. The maximum Gasteiger partial charge on any atom is 0.246 e. The lowest BCUT2D eigenvalue weighted by Crippen LogP contribution is -2.19. The quantitative estimate of drug-likeness (QED) is 0.867. The number of hydrogen-bond donors (Lipinski definition) is 2. The van der Waals surface area contributed by atoms with Crippen LogP contribution in [0.5, 0.6) is 0 Å². The lowest BCUT2D eigenvalue weighted by Gasteiger charge is -2.06. The van der Waals surface area contributed by atoms with Gasteiger partial charge in [-0.2, -0.15) is 0 Å². The maximum atomic E-state index is 11.7. The van der Waals surface area contributed by atoms with E-state index in [-0.39, 0.29) is 18.4 Å². The van der Waals surface area contributed by atoms with E-state index in [1.807, 2.05) is 0 Å². The zero-order chi connectivity index (χ0) is 12.3. The third kappa shape index (κ3) is 3.00. The van der Waals surface area contributed by atoms with Crippen LogP contribution in [0.1, 0.15) is 0 Å². The SMILES string of the molecule is Nc1ncn(CC(=O)Nc2ccncc2Br)n1. The number of rotatable bonds is 3. The van der Waals surface area contributed by atoms with Crippen LogP contribution < -0.4 is 11.1 Å². The molecule has 8 heteroatoms. The van der Waals surface area contributed by atoms with Crippen LogP contribution in [0.15, 0.2) is 29.3 Å². The second kappa shape index (κ2) is 4.91. The molecule has 88 valence electrons. The maximum absolute atomic E-state index is 11.7. The monoisotopic (exact) mass is 296 g/mol. The number of amides is 1. The molecule has 3 N–H and O–H groups in total. The summed E-state index contributed by atoms with van der Waals surface area (Å²) in [5.41, 5.74) is 5.99. The largest absolute Gasteiger partial charge is 0.367 e. The zero-order valence-electron chi connectivity index (χ0n) is 8.67. The Kier molecular flexibility index (Phi) is 3.33. The van der Waals surface area contributed by atoms with Crippen LogP contribution in [0.2, 0.25) is 0 Å². The van der Waals surface area contributed by atoms with Gasteiger partial charge in [-0.05, 0) is 22.0 Å². The highest BCUT2D eigenvalue weighted by Gasteiger charge is 2.07. The molecule has 2 rings (SSSR count). The number of carbonyl (C=O) groups is 1. The third-order valence-corrected chi connectivity index (χ3v) is 2.54. The minimum Gasteiger partial charge on any atom is -0.367 e. The molecule has 0 aliphatic carbocycles.